The number of cyclic esters (lactones) is 1. The van der Waals surface area contributed by atoms with Gasteiger partial charge in [-0.2, -0.15) is 0 Å². The highest BCUT2D eigenvalue weighted by atomic mass is 19.1. The lowest BCUT2D eigenvalue weighted by atomic mass is 10.00. The Kier molecular flexibility index (Phi) is 8.62. The molecule has 2 N–H and O–H groups in total. The van der Waals surface area contributed by atoms with Crippen LogP contribution in [0.2, 0.25) is 0 Å². The predicted molar refractivity (Wildman–Crippen MR) is 127 cm³/mol. The fourth-order valence-corrected chi connectivity index (χ4v) is 3.79. The van der Waals surface area contributed by atoms with Gasteiger partial charge in [-0.1, -0.05) is 45.0 Å². The zero-order valence-electron chi connectivity index (χ0n) is 19.8. The van der Waals surface area contributed by atoms with Gasteiger partial charge < -0.3 is 15.4 Å². The van der Waals surface area contributed by atoms with Crippen LogP contribution in [0.5, 0.6) is 0 Å². The van der Waals surface area contributed by atoms with Crippen molar-refractivity contribution < 1.29 is 23.5 Å². The molecule has 0 radical (unpaired) electrons. The number of nitrogens with one attached hydrogen (secondary N) is 2. The van der Waals surface area contributed by atoms with E-state index in [0.717, 1.165) is 12.8 Å². The van der Waals surface area contributed by atoms with Gasteiger partial charge in [0.05, 0.1) is 6.54 Å². The van der Waals surface area contributed by atoms with E-state index in [4.69, 9.17) is 4.74 Å². The van der Waals surface area contributed by atoms with Crippen LogP contribution in [0, 0.1) is 11.7 Å². The number of amides is 3. The van der Waals surface area contributed by atoms with Crippen LogP contribution in [0.15, 0.2) is 48.5 Å². The van der Waals surface area contributed by atoms with E-state index in [1.807, 2.05) is 6.92 Å². The molecule has 2 aromatic carbocycles. The summed E-state index contributed by atoms with van der Waals surface area (Å²) in [6.07, 6.45) is 0.562. The molecule has 0 bridgehead atoms. The Labute approximate surface area is 199 Å². The number of anilines is 1. The molecule has 7 nitrogen and oxygen atoms in total. The van der Waals surface area contributed by atoms with Crippen LogP contribution in [-0.4, -0.2) is 35.4 Å². The van der Waals surface area contributed by atoms with Crippen molar-refractivity contribution >= 4 is 23.6 Å². The highest BCUT2D eigenvalue weighted by Gasteiger charge is 2.46. The zero-order chi connectivity index (χ0) is 24.7. The second kappa shape index (κ2) is 11.6. The number of hydrogen-bond donors (Lipinski definition) is 2. The molecule has 182 valence electrons. The first-order chi connectivity index (χ1) is 16.3. The van der Waals surface area contributed by atoms with E-state index in [9.17, 15) is 18.8 Å². The third-order valence-electron chi connectivity index (χ3n) is 5.64. The summed E-state index contributed by atoms with van der Waals surface area (Å²) in [4.78, 5) is 39.2. The van der Waals surface area contributed by atoms with E-state index in [-0.39, 0.29) is 24.2 Å². The molecule has 0 unspecified atom stereocenters. The normalized spacial score (nSPS) is 17.6. The molecule has 3 rings (SSSR count). The molecule has 1 heterocycles. The molecule has 0 saturated carbocycles. The van der Waals surface area contributed by atoms with Gasteiger partial charge in [0.15, 0.2) is 12.1 Å². The summed E-state index contributed by atoms with van der Waals surface area (Å²) >= 11 is 0. The number of carbonyl (C=O) groups is 3. The summed E-state index contributed by atoms with van der Waals surface area (Å²) in [7, 11) is 0. The molecule has 0 spiro atoms. The summed E-state index contributed by atoms with van der Waals surface area (Å²) < 4.78 is 19.0. The van der Waals surface area contributed by atoms with E-state index >= 15 is 0 Å². The monoisotopic (exact) mass is 469 g/mol. The fourth-order valence-electron chi connectivity index (χ4n) is 3.79. The highest BCUT2D eigenvalue weighted by molar-refractivity contribution is 5.91. The van der Waals surface area contributed by atoms with Crippen molar-refractivity contribution in [3.8, 4) is 0 Å². The maximum Gasteiger partial charge on any atom is 0.411 e. The molecule has 2 aromatic rings. The Balaban J connectivity index is 1.82. The lowest BCUT2D eigenvalue weighted by Crippen LogP contribution is -2.46. The van der Waals surface area contributed by atoms with Gasteiger partial charge in [-0.25, -0.2) is 9.18 Å². The number of carbonyl (C=O) groups excluding carboxylic acids is 3. The summed E-state index contributed by atoms with van der Waals surface area (Å²) in [5.74, 6) is -0.336. The minimum Gasteiger partial charge on any atom is -0.438 e. The van der Waals surface area contributed by atoms with Gasteiger partial charge in [0.1, 0.15) is 5.82 Å². The Bertz CT molecular complexity index is 992. The van der Waals surface area contributed by atoms with Crippen LogP contribution in [0.3, 0.4) is 0 Å². The van der Waals surface area contributed by atoms with Gasteiger partial charge in [0, 0.05) is 18.7 Å². The number of benzene rings is 2. The maximum atomic E-state index is 13.3. The smallest absolute Gasteiger partial charge is 0.411 e. The van der Waals surface area contributed by atoms with E-state index in [1.165, 1.54) is 17.0 Å². The first kappa shape index (κ1) is 25.2. The average Bonchev–Trinajstić information content (AvgIpc) is 3.11. The van der Waals surface area contributed by atoms with Crippen molar-refractivity contribution in [1.29, 1.82) is 0 Å². The van der Waals surface area contributed by atoms with Crippen LogP contribution < -0.4 is 10.6 Å². The first-order valence-corrected chi connectivity index (χ1v) is 11.7. The average molecular weight is 470 g/mol. The molecule has 3 amide bonds. The molecular weight excluding hydrogens is 437 g/mol. The van der Waals surface area contributed by atoms with Gasteiger partial charge in [-0.05, 0) is 54.2 Å². The molecule has 0 aliphatic carbocycles. The minimum absolute atomic E-state index is 0.0737. The zero-order valence-corrected chi connectivity index (χ0v) is 19.8. The number of hydrogen-bond acceptors (Lipinski definition) is 4. The summed E-state index contributed by atoms with van der Waals surface area (Å²) in [6, 6.07) is 11.9. The van der Waals surface area contributed by atoms with E-state index in [2.05, 4.69) is 24.5 Å². The quantitative estimate of drug-likeness (QED) is 0.524. The highest BCUT2D eigenvalue weighted by Crippen LogP contribution is 2.34. The predicted octanol–water partition coefficient (Wildman–Crippen LogP) is 4.79. The van der Waals surface area contributed by atoms with Crippen LogP contribution >= 0.6 is 0 Å². The van der Waals surface area contributed by atoms with E-state index in [1.54, 1.807) is 36.4 Å². The fraction of sp³-hybridized carbons (Fsp3) is 0.423. The van der Waals surface area contributed by atoms with Crippen LogP contribution in [-0.2, 0) is 20.9 Å². The minimum atomic E-state index is -0.884. The molecular formula is C26H32FN3O4. The number of ether oxygens (including phenoxy) is 1. The summed E-state index contributed by atoms with van der Waals surface area (Å²) in [5.41, 5.74) is 1.97. The van der Waals surface area contributed by atoms with Crippen molar-refractivity contribution in [2.45, 2.75) is 58.7 Å². The molecule has 1 aliphatic heterocycles. The Hall–Kier alpha value is -3.42. The number of rotatable bonds is 10. The molecule has 8 heteroatoms. The second-order valence-corrected chi connectivity index (χ2v) is 8.90. The summed E-state index contributed by atoms with van der Waals surface area (Å²) in [5, 5.41) is 5.74. The molecule has 2 atom stereocenters. The van der Waals surface area contributed by atoms with Crippen molar-refractivity contribution in [1.82, 2.24) is 10.2 Å². The third-order valence-corrected chi connectivity index (χ3v) is 5.64. The second-order valence-electron chi connectivity index (χ2n) is 8.90. The molecule has 34 heavy (non-hydrogen) atoms. The largest absolute Gasteiger partial charge is 0.438 e. The maximum absolute atomic E-state index is 13.3. The van der Waals surface area contributed by atoms with Crippen LogP contribution in [0.1, 0.15) is 57.3 Å². The summed E-state index contributed by atoms with van der Waals surface area (Å²) in [6.45, 7) is 6.67. The van der Waals surface area contributed by atoms with Crippen molar-refractivity contribution in [3.63, 3.8) is 0 Å². The topological polar surface area (TPSA) is 87.7 Å². The first-order valence-electron chi connectivity index (χ1n) is 11.7. The lowest BCUT2D eigenvalue weighted by molar-refractivity contribution is -0.126. The van der Waals surface area contributed by atoms with Gasteiger partial charge in [-0.3, -0.25) is 14.5 Å². The molecule has 1 saturated heterocycles. The van der Waals surface area contributed by atoms with Gasteiger partial charge in [0.2, 0.25) is 11.8 Å². The van der Waals surface area contributed by atoms with Gasteiger partial charge in [-0.15, -0.1) is 0 Å². The molecule has 1 fully saturated rings. The van der Waals surface area contributed by atoms with E-state index in [0.29, 0.717) is 35.7 Å². The Morgan fingerprint density at radius 2 is 1.76 bits per heavy atom. The van der Waals surface area contributed by atoms with Crippen LogP contribution in [0.4, 0.5) is 14.9 Å². The van der Waals surface area contributed by atoms with Crippen molar-refractivity contribution in [3.05, 3.63) is 65.5 Å². The van der Waals surface area contributed by atoms with Crippen molar-refractivity contribution in [2.24, 2.45) is 5.92 Å². The number of nitrogens with zero attached hydrogens (tertiary/aromatic N) is 1. The molecule has 1 aliphatic rings. The van der Waals surface area contributed by atoms with E-state index < -0.39 is 18.2 Å². The van der Waals surface area contributed by atoms with Gasteiger partial charge >= 0.3 is 6.09 Å². The van der Waals surface area contributed by atoms with Gasteiger partial charge in [0.25, 0.3) is 0 Å². The van der Waals surface area contributed by atoms with Crippen LogP contribution in [0.25, 0.3) is 0 Å². The standard InChI is InChI=1S/C26H32FN3O4/c1-4-5-22(31)29-21-12-8-19(9-13-21)24-23(25(32)28-15-14-17(2)3)30(26(33)34-24)16-18-6-10-20(27)11-7-18/h6-13,17,23-24H,4-5,14-16H2,1-3H3,(H,28,32)(H,29,31)/t23-,24+/m1/s1. The number of halogens is 1. The molecule has 0 aromatic heterocycles. The lowest BCUT2D eigenvalue weighted by Gasteiger charge is -2.24. The Morgan fingerprint density at radius 1 is 1.09 bits per heavy atom. The van der Waals surface area contributed by atoms with Crippen molar-refractivity contribution in [2.75, 3.05) is 11.9 Å². The Morgan fingerprint density at radius 3 is 2.38 bits per heavy atom. The SMILES string of the molecule is CCCC(=O)Nc1ccc([C@@H]2OC(=O)N(Cc3ccc(F)cc3)[C@H]2C(=O)NCCC(C)C)cc1. The third kappa shape index (κ3) is 6.56.